The molecular weight excluding hydrogens is 262 g/mol. The van der Waals surface area contributed by atoms with Crippen molar-refractivity contribution >= 4 is 11.3 Å². The van der Waals surface area contributed by atoms with Gasteiger partial charge in [-0.2, -0.15) is 0 Å². The summed E-state index contributed by atoms with van der Waals surface area (Å²) in [5.41, 5.74) is 1.74. The van der Waals surface area contributed by atoms with E-state index in [0.29, 0.717) is 19.0 Å². The highest BCUT2D eigenvalue weighted by Crippen LogP contribution is 2.23. The molecule has 0 aliphatic rings. The van der Waals surface area contributed by atoms with Gasteiger partial charge in [0.05, 0.1) is 23.3 Å². The van der Waals surface area contributed by atoms with Crippen LogP contribution in [0.3, 0.4) is 0 Å². The van der Waals surface area contributed by atoms with Gasteiger partial charge in [-0.3, -0.25) is 0 Å². The SMILES string of the molecule is CNCc1cn(Cc2coc(-c3cccs3)n2)nn1. The molecule has 0 unspecified atom stereocenters. The molecule has 0 fully saturated rings. The molecule has 0 bridgehead atoms. The van der Waals surface area contributed by atoms with Crippen LogP contribution in [0, 0.1) is 0 Å². The Labute approximate surface area is 114 Å². The third-order valence-electron chi connectivity index (χ3n) is 2.55. The zero-order valence-electron chi connectivity index (χ0n) is 10.4. The van der Waals surface area contributed by atoms with Crippen molar-refractivity contribution in [2.45, 2.75) is 13.1 Å². The number of hydrogen-bond acceptors (Lipinski definition) is 6. The lowest BCUT2D eigenvalue weighted by molar-refractivity contribution is 0.569. The highest BCUT2D eigenvalue weighted by molar-refractivity contribution is 7.13. The van der Waals surface area contributed by atoms with Crippen molar-refractivity contribution < 1.29 is 4.42 Å². The number of rotatable bonds is 5. The van der Waals surface area contributed by atoms with Gasteiger partial charge >= 0.3 is 0 Å². The summed E-state index contributed by atoms with van der Waals surface area (Å²) in [6.45, 7) is 1.27. The molecule has 0 saturated heterocycles. The minimum Gasteiger partial charge on any atom is -0.443 e. The summed E-state index contributed by atoms with van der Waals surface area (Å²) in [6.07, 6.45) is 3.56. The standard InChI is InChI=1S/C12H13N5OS/c1-13-5-9-6-17(16-15-9)7-10-8-18-12(14-10)11-3-2-4-19-11/h2-4,6,8,13H,5,7H2,1H3. The van der Waals surface area contributed by atoms with Gasteiger partial charge in [-0.1, -0.05) is 11.3 Å². The highest BCUT2D eigenvalue weighted by Gasteiger charge is 2.08. The van der Waals surface area contributed by atoms with Crippen LogP contribution >= 0.6 is 11.3 Å². The summed E-state index contributed by atoms with van der Waals surface area (Å²) in [6, 6.07) is 3.96. The van der Waals surface area contributed by atoms with Gasteiger partial charge in [0.1, 0.15) is 12.0 Å². The monoisotopic (exact) mass is 275 g/mol. The van der Waals surface area contributed by atoms with Crippen LogP contribution in [0.15, 0.2) is 34.4 Å². The van der Waals surface area contributed by atoms with Gasteiger partial charge < -0.3 is 9.73 Å². The smallest absolute Gasteiger partial charge is 0.236 e. The highest BCUT2D eigenvalue weighted by atomic mass is 32.1. The fraction of sp³-hybridized carbons (Fsp3) is 0.250. The molecular formula is C12H13N5OS. The zero-order valence-corrected chi connectivity index (χ0v) is 11.2. The maximum Gasteiger partial charge on any atom is 0.236 e. The summed E-state index contributed by atoms with van der Waals surface area (Å²) >= 11 is 1.61. The second-order valence-corrected chi connectivity index (χ2v) is 5.01. The first kappa shape index (κ1) is 12.1. The van der Waals surface area contributed by atoms with E-state index in [2.05, 4.69) is 20.6 Å². The summed E-state index contributed by atoms with van der Waals surface area (Å²) in [5, 5.41) is 13.1. The van der Waals surface area contributed by atoms with E-state index in [0.717, 1.165) is 16.3 Å². The molecule has 0 aliphatic heterocycles. The number of hydrogen-bond donors (Lipinski definition) is 1. The summed E-state index contributed by atoms with van der Waals surface area (Å²) in [5.74, 6) is 0.653. The predicted molar refractivity (Wildman–Crippen MR) is 71.7 cm³/mol. The Hall–Kier alpha value is -1.99. The fourth-order valence-corrected chi connectivity index (χ4v) is 2.39. The van der Waals surface area contributed by atoms with Crippen molar-refractivity contribution in [3.63, 3.8) is 0 Å². The van der Waals surface area contributed by atoms with Crippen molar-refractivity contribution in [2.75, 3.05) is 7.05 Å². The molecule has 1 N–H and O–H groups in total. The van der Waals surface area contributed by atoms with Gasteiger partial charge in [0, 0.05) is 6.54 Å². The molecule has 19 heavy (non-hydrogen) atoms. The quantitative estimate of drug-likeness (QED) is 0.768. The van der Waals surface area contributed by atoms with E-state index >= 15 is 0 Å². The molecule has 3 heterocycles. The summed E-state index contributed by atoms with van der Waals surface area (Å²) in [4.78, 5) is 5.47. The Morgan fingerprint density at radius 3 is 3.16 bits per heavy atom. The van der Waals surface area contributed by atoms with Crippen molar-refractivity contribution in [1.29, 1.82) is 0 Å². The Bertz CT molecular complexity index is 643. The van der Waals surface area contributed by atoms with Crippen LogP contribution in [-0.2, 0) is 13.1 Å². The predicted octanol–water partition coefficient (Wildman–Crippen LogP) is 1.76. The third kappa shape index (κ3) is 2.72. The van der Waals surface area contributed by atoms with E-state index in [-0.39, 0.29) is 0 Å². The Kier molecular flexibility index (Phi) is 3.39. The first-order valence-corrected chi connectivity index (χ1v) is 6.75. The molecule has 3 aromatic rings. The normalized spacial score (nSPS) is 11.0. The van der Waals surface area contributed by atoms with E-state index in [1.807, 2.05) is 30.8 Å². The lowest BCUT2D eigenvalue weighted by Crippen LogP contribution is -2.05. The van der Waals surface area contributed by atoms with Crippen molar-refractivity contribution in [2.24, 2.45) is 0 Å². The Morgan fingerprint density at radius 1 is 1.42 bits per heavy atom. The molecule has 0 spiro atoms. The lowest BCUT2D eigenvalue weighted by atomic mass is 10.4. The van der Waals surface area contributed by atoms with E-state index < -0.39 is 0 Å². The van der Waals surface area contributed by atoms with E-state index in [1.54, 1.807) is 22.3 Å². The van der Waals surface area contributed by atoms with E-state index in [9.17, 15) is 0 Å². The van der Waals surface area contributed by atoms with Crippen LogP contribution < -0.4 is 5.32 Å². The molecule has 0 amide bonds. The van der Waals surface area contributed by atoms with Crippen LogP contribution in [0.25, 0.3) is 10.8 Å². The molecule has 98 valence electrons. The van der Waals surface area contributed by atoms with Gasteiger partial charge in [-0.25, -0.2) is 9.67 Å². The number of aromatic nitrogens is 4. The molecule has 0 saturated carbocycles. The van der Waals surface area contributed by atoms with Crippen LogP contribution in [0.1, 0.15) is 11.4 Å². The fourth-order valence-electron chi connectivity index (χ4n) is 1.74. The van der Waals surface area contributed by atoms with Gasteiger partial charge in [-0.05, 0) is 18.5 Å². The molecule has 0 aliphatic carbocycles. The minimum absolute atomic E-state index is 0.561. The van der Waals surface area contributed by atoms with Gasteiger partial charge in [-0.15, -0.1) is 16.4 Å². The third-order valence-corrected chi connectivity index (χ3v) is 3.41. The molecule has 3 aromatic heterocycles. The molecule has 0 atom stereocenters. The molecule has 0 aromatic carbocycles. The first-order valence-electron chi connectivity index (χ1n) is 5.87. The lowest BCUT2D eigenvalue weighted by Gasteiger charge is -1.94. The second-order valence-electron chi connectivity index (χ2n) is 4.06. The van der Waals surface area contributed by atoms with Gasteiger partial charge in [0.2, 0.25) is 5.89 Å². The number of oxazole rings is 1. The average molecular weight is 275 g/mol. The Balaban J connectivity index is 1.72. The maximum atomic E-state index is 5.46. The van der Waals surface area contributed by atoms with Crippen LogP contribution in [0.5, 0.6) is 0 Å². The first-order chi connectivity index (χ1) is 9.35. The van der Waals surface area contributed by atoms with Crippen molar-refractivity contribution in [3.8, 4) is 10.8 Å². The zero-order chi connectivity index (χ0) is 13.1. The largest absolute Gasteiger partial charge is 0.443 e. The molecule has 3 rings (SSSR count). The summed E-state index contributed by atoms with van der Waals surface area (Å²) < 4.78 is 7.21. The van der Waals surface area contributed by atoms with E-state index in [1.165, 1.54) is 0 Å². The molecule has 7 heteroatoms. The van der Waals surface area contributed by atoms with Crippen molar-refractivity contribution in [3.05, 3.63) is 41.4 Å². The maximum absolute atomic E-state index is 5.46. The number of nitrogens with one attached hydrogen (secondary N) is 1. The van der Waals surface area contributed by atoms with Crippen molar-refractivity contribution in [1.82, 2.24) is 25.3 Å². The van der Waals surface area contributed by atoms with E-state index in [4.69, 9.17) is 4.42 Å². The van der Waals surface area contributed by atoms with Crippen LogP contribution in [0.4, 0.5) is 0 Å². The second kappa shape index (κ2) is 5.33. The average Bonchev–Trinajstić information content (AvgIpc) is 3.10. The van der Waals surface area contributed by atoms with Gasteiger partial charge in [0.25, 0.3) is 0 Å². The molecule has 6 nitrogen and oxygen atoms in total. The van der Waals surface area contributed by atoms with Crippen LogP contribution in [0.2, 0.25) is 0 Å². The van der Waals surface area contributed by atoms with Gasteiger partial charge in [0.15, 0.2) is 0 Å². The number of nitrogens with zero attached hydrogens (tertiary/aromatic N) is 4. The number of thiophene rings is 1. The summed E-state index contributed by atoms with van der Waals surface area (Å²) in [7, 11) is 1.88. The van der Waals surface area contributed by atoms with Crippen LogP contribution in [-0.4, -0.2) is 27.0 Å². The minimum atomic E-state index is 0.561. The topological polar surface area (TPSA) is 68.8 Å². The molecule has 0 radical (unpaired) electrons. The Morgan fingerprint density at radius 2 is 2.37 bits per heavy atom.